The number of ether oxygens (including phenoxy) is 1. The zero-order chi connectivity index (χ0) is 12.1. The molecule has 4 heteroatoms. The van der Waals surface area contributed by atoms with Gasteiger partial charge in [-0.15, -0.1) is 0 Å². The van der Waals surface area contributed by atoms with E-state index in [4.69, 9.17) is 4.74 Å². The first kappa shape index (κ1) is 12.2. The van der Waals surface area contributed by atoms with Crippen molar-refractivity contribution in [2.75, 3.05) is 38.7 Å². The molecule has 1 atom stereocenters. The molecule has 0 saturated carbocycles. The highest BCUT2D eigenvalue weighted by molar-refractivity contribution is 5.41. The minimum atomic E-state index is 0.734. The molecule has 0 amide bonds. The van der Waals surface area contributed by atoms with Crippen LogP contribution in [0.1, 0.15) is 12.8 Å². The van der Waals surface area contributed by atoms with Crippen LogP contribution in [0.5, 0.6) is 5.75 Å². The Kier molecular flexibility index (Phi) is 4.20. The number of piperidine rings is 1. The third-order valence-corrected chi connectivity index (χ3v) is 3.29. The molecular formula is C13H21N3O. The van der Waals surface area contributed by atoms with E-state index < -0.39 is 0 Å². The van der Waals surface area contributed by atoms with Crippen LogP contribution in [0.25, 0.3) is 0 Å². The molecule has 0 radical (unpaired) electrons. The summed E-state index contributed by atoms with van der Waals surface area (Å²) in [6, 6.07) is 4.02. The second-order valence-corrected chi connectivity index (χ2v) is 4.57. The van der Waals surface area contributed by atoms with Gasteiger partial charge >= 0.3 is 0 Å². The van der Waals surface area contributed by atoms with Gasteiger partial charge in [-0.1, -0.05) is 0 Å². The van der Waals surface area contributed by atoms with E-state index in [1.165, 1.54) is 12.8 Å². The lowest BCUT2D eigenvalue weighted by molar-refractivity contribution is 0.399. The van der Waals surface area contributed by atoms with Gasteiger partial charge in [-0.05, 0) is 44.5 Å². The second-order valence-electron chi connectivity index (χ2n) is 4.57. The summed E-state index contributed by atoms with van der Waals surface area (Å²) in [6.07, 6.45) is 4.35. The Morgan fingerprint density at radius 3 is 3.06 bits per heavy atom. The maximum Gasteiger partial charge on any atom is 0.137 e. The Labute approximate surface area is 103 Å². The fraction of sp³-hybridized carbons (Fsp3) is 0.615. The monoisotopic (exact) mass is 235 g/mol. The van der Waals surface area contributed by atoms with Crippen LogP contribution in [-0.4, -0.2) is 38.8 Å². The number of methoxy groups -OCH3 is 1. The maximum absolute atomic E-state index is 5.13. The number of nitrogens with zero attached hydrogens (tertiary/aromatic N) is 2. The minimum Gasteiger partial charge on any atom is -0.495 e. The molecule has 2 rings (SSSR count). The SMILES string of the molecule is CNCC1CCCN(c2ccc(OC)cn2)C1. The zero-order valence-electron chi connectivity index (χ0n) is 10.6. The average molecular weight is 235 g/mol. The number of hydrogen-bond donors (Lipinski definition) is 1. The second kappa shape index (κ2) is 5.87. The van der Waals surface area contributed by atoms with Gasteiger partial charge in [-0.25, -0.2) is 4.98 Å². The van der Waals surface area contributed by atoms with Gasteiger partial charge in [-0.2, -0.15) is 0 Å². The number of hydrogen-bond acceptors (Lipinski definition) is 4. The van der Waals surface area contributed by atoms with Gasteiger partial charge < -0.3 is 15.0 Å². The Morgan fingerprint density at radius 2 is 2.41 bits per heavy atom. The van der Waals surface area contributed by atoms with Crippen LogP contribution >= 0.6 is 0 Å². The van der Waals surface area contributed by atoms with Gasteiger partial charge in [0.15, 0.2) is 0 Å². The number of aromatic nitrogens is 1. The van der Waals surface area contributed by atoms with Gasteiger partial charge in [0.25, 0.3) is 0 Å². The highest BCUT2D eigenvalue weighted by Crippen LogP contribution is 2.22. The summed E-state index contributed by atoms with van der Waals surface area (Å²) in [6.45, 7) is 3.30. The summed E-state index contributed by atoms with van der Waals surface area (Å²) in [5, 5.41) is 3.26. The zero-order valence-corrected chi connectivity index (χ0v) is 10.6. The molecule has 1 aliphatic heterocycles. The van der Waals surface area contributed by atoms with Crippen molar-refractivity contribution in [3.8, 4) is 5.75 Å². The molecule has 4 nitrogen and oxygen atoms in total. The molecule has 2 heterocycles. The van der Waals surface area contributed by atoms with E-state index in [1.807, 2.05) is 19.2 Å². The Hall–Kier alpha value is -1.29. The molecule has 1 aromatic rings. The van der Waals surface area contributed by atoms with Crippen molar-refractivity contribution < 1.29 is 4.74 Å². The van der Waals surface area contributed by atoms with Crippen LogP contribution in [-0.2, 0) is 0 Å². The van der Waals surface area contributed by atoms with Crippen molar-refractivity contribution in [3.63, 3.8) is 0 Å². The summed E-state index contributed by atoms with van der Waals surface area (Å²) < 4.78 is 5.13. The Bertz CT molecular complexity index is 337. The molecule has 1 aromatic heterocycles. The molecule has 0 bridgehead atoms. The first-order chi connectivity index (χ1) is 8.33. The quantitative estimate of drug-likeness (QED) is 0.858. The van der Waals surface area contributed by atoms with Crippen LogP contribution in [0.2, 0.25) is 0 Å². The number of nitrogens with one attached hydrogen (secondary N) is 1. The van der Waals surface area contributed by atoms with Crippen LogP contribution in [0.3, 0.4) is 0 Å². The molecule has 17 heavy (non-hydrogen) atoms. The van der Waals surface area contributed by atoms with Crippen LogP contribution in [0.4, 0.5) is 5.82 Å². The van der Waals surface area contributed by atoms with E-state index in [1.54, 1.807) is 13.3 Å². The third-order valence-electron chi connectivity index (χ3n) is 3.29. The van der Waals surface area contributed by atoms with Crippen molar-refractivity contribution >= 4 is 5.82 Å². The summed E-state index contributed by atoms with van der Waals surface area (Å²) in [5.74, 6) is 2.61. The average Bonchev–Trinajstić information content (AvgIpc) is 2.40. The Balaban J connectivity index is 2.00. The summed E-state index contributed by atoms with van der Waals surface area (Å²) >= 11 is 0. The third kappa shape index (κ3) is 3.09. The first-order valence-electron chi connectivity index (χ1n) is 6.23. The van der Waals surface area contributed by atoms with E-state index in [0.29, 0.717) is 0 Å². The predicted octanol–water partition coefficient (Wildman–Crippen LogP) is 1.53. The van der Waals surface area contributed by atoms with Crippen molar-refractivity contribution in [1.82, 2.24) is 10.3 Å². The van der Waals surface area contributed by atoms with E-state index >= 15 is 0 Å². The molecule has 0 spiro atoms. The molecule has 1 unspecified atom stereocenters. The van der Waals surface area contributed by atoms with E-state index in [-0.39, 0.29) is 0 Å². The van der Waals surface area contributed by atoms with Gasteiger partial charge in [0, 0.05) is 13.1 Å². The molecular weight excluding hydrogens is 214 g/mol. The lowest BCUT2D eigenvalue weighted by Crippen LogP contribution is -2.39. The topological polar surface area (TPSA) is 37.4 Å². The van der Waals surface area contributed by atoms with Crippen molar-refractivity contribution in [3.05, 3.63) is 18.3 Å². The molecule has 0 aliphatic carbocycles. The van der Waals surface area contributed by atoms with Gasteiger partial charge in [0.05, 0.1) is 13.3 Å². The van der Waals surface area contributed by atoms with Gasteiger partial charge in [0.2, 0.25) is 0 Å². The van der Waals surface area contributed by atoms with Crippen molar-refractivity contribution in [2.24, 2.45) is 5.92 Å². The smallest absolute Gasteiger partial charge is 0.137 e. The number of pyridine rings is 1. The predicted molar refractivity (Wildman–Crippen MR) is 69.7 cm³/mol. The molecule has 1 fully saturated rings. The molecule has 0 aromatic carbocycles. The van der Waals surface area contributed by atoms with Gasteiger partial charge in [-0.3, -0.25) is 0 Å². The lowest BCUT2D eigenvalue weighted by atomic mass is 9.98. The van der Waals surface area contributed by atoms with Crippen LogP contribution in [0.15, 0.2) is 18.3 Å². The minimum absolute atomic E-state index is 0.734. The highest BCUT2D eigenvalue weighted by atomic mass is 16.5. The van der Waals surface area contributed by atoms with Crippen molar-refractivity contribution in [2.45, 2.75) is 12.8 Å². The molecule has 1 aliphatic rings. The summed E-state index contributed by atoms with van der Waals surface area (Å²) in [4.78, 5) is 6.81. The maximum atomic E-state index is 5.13. The molecule has 94 valence electrons. The van der Waals surface area contributed by atoms with E-state index in [9.17, 15) is 0 Å². The first-order valence-corrected chi connectivity index (χ1v) is 6.23. The normalized spacial score (nSPS) is 20.4. The fourth-order valence-electron chi connectivity index (χ4n) is 2.41. The summed E-state index contributed by atoms with van der Waals surface area (Å²) in [7, 11) is 3.69. The van der Waals surface area contributed by atoms with Crippen LogP contribution in [0, 0.1) is 5.92 Å². The summed E-state index contributed by atoms with van der Waals surface area (Å²) in [5.41, 5.74) is 0. The van der Waals surface area contributed by atoms with E-state index in [0.717, 1.165) is 37.1 Å². The number of anilines is 1. The molecule has 1 N–H and O–H groups in total. The highest BCUT2D eigenvalue weighted by Gasteiger charge is 2.20. The van der Waals surface area contributed by atoms with Gasteiger partial charge in [0.1, 0.15) is 11.6 Å². The fourth-order valence-corrected chi connectivity index (χ4v) is 2.41. The molecule has 1 saturated heterocycles. The van der Waals surface area contributed by atoms with E-state index in [2.05, 4.69) is 15.2 Å². The number of rotatable bonds is 4. The van der Waals surface area contributed by atoms with Crippen LogP contribution < -0.4 is 15.0 Å². The largest absolute Gasteiger partial charge is 0.495 e. The Morgan fingerprint density at radius 1 is 1.53 bits per heavy atom. The van der Waals surface area contributed by atoms with Crippen molar-refractivity contribution in [1.29, 1.82) is 0 Å². The lowest BCUT2D eigenvalue weighted by Gasteiger charge is -2.33. The standard InChI is InChI=1S/C13H21N3O/c1-14-8-11-4-3-7-16(10-11)13-6-5-12(17-2)9-15-13/h5-6,9,11,14H,3-4,7-8,10H2,1-2H3.